The predicted octanol–water partition coefficient (Wildman–Crippen LogP) is 1.48. The standard InChI is InChI=1S/C14H23N2O8.C2H6.3CH3.U/c17-11-24-10-9-16(6-3-14(22)23)8-7-15(4-1-12(18)19)5-2-13(20)21;1-2;;;;/h1-10H2,(H,18,19)(H,20,21)(H,22,23);1-2H3;3*1H3;/q-1;;3*-1;+4. The van der Waals surface area contributed by atoms with Crippen LogP contribution in [0.15, 0.2) is 0 Å². The van der Waals surface area contributed by atoms with Gasteiger partial charge in [0.15, 0.2) is 0 Å². The zero-order chi connectivity index (χ0) is 20.4. The average Bonchev–Trinajstić information content (AvgIpc) is 2.59. The van der Waals surface area contributed by atoms with E-state index in [0.29, 0.717) is 19.6 Å². The maximum absolute atomic E-state index is 10.7. The minimum absolute atomic E-state index is 0. The Labute approximate surface area is 205 Å². The van der Waals surface area contributed by atoms with Crippen molar-refractivity contribution in [2.75, 3.05) is 45.9 Å². The largest absolute Gasteiger partial charge is 4.00 e. The molecule has 0 aromatic heterocycles. The fourth-order valence-electron chi connectivity index (χ4n) is 1.93. The number of rotatable bonds is 16. The molecule has 0 atom stereocenters. The van der Waals surface area contributed by atoms with Crippen LogP contribution in [-0.4, -0.2) is 95.4 Å². The van der Waals surface area contributed by atoms with Gasteiger partial charge in [-0.1, -0.05) is 20.3 Å². The van der Waals surface area contributed by atoms with Gasteiger partial charge < -0.3 is 52.0 Å². The maximum atomic E-state index is 10.7. The number of carboxylic acid groups (broad SMARTS) is 3. The Morgan fingerprint density at radius 3 is 1.27 bits per heavy atom. The number of hydrogen-bond acceptors (Lipinski definition) is 7. The second-order valence-corrected chi connectivity index (χ2v) is 5.05. The van der Waals surface area contributed by atoms with Crippen LogP contribution in [0.4, 0.5) is 0 Å². The third-order valence-electron chi connectivity index (χ3n) is 3.23. The van der Waals surface area contributed by atoms with Gasteiger partial charge in [0.05, 0.1) is 25.9 Å². The van der Waals surface area contributed by atoms with Gasteiger partial charge in [0.1, 0.15) is 0 Å². The summed E-state index contributed by atoms with van der Waals surface area (Å²) >= 11 is 0. The van der Waals surface area contributed by atoms with Crippen molar-refractivity contribution in [3.05, 3.63) is 22.3 Å². The minimum Gasteiger partial charge on any atom is -0.652 e. The molecule has 0 saturated heterocycles. The number of carbonyl (C=O) groups excluding carboxylic acids is 1. The molecule has 0 fully saturated rings. The zero-order valence-corrected chi connectivity index (χ0v) is 23.0. The summed E-state index contributed by atoms with van der Waals surface area (Å²) < 4.78 is 4.47. The molecule has 0 saturated carbocycles. The number of carbonyl (C=O) groups is 3. The first kappa shape index (κ1) is 42.9. The quantitative estimate of drug-likeness (QED) is 0.165. The molecular formula is C19H38N2O8U. The van der Waals surface area contributed by atoms with E-state index in [1.807, 2.05) is 13.8 Å². The average molecular weight is 661 g/mol. The van der Waals surface area contributed by atoms with Crippen LogP contribution < -0.4 is 0 Å². The van der Waals surface area contributed by atoms with Gasteiger partial charge in [-0.2, -0.15) is 0 Å². The van der Waals surface area contributed by atoms with Crippen LogP contribution in [-0.2, 0) is 23.9 Å². The van der Waals surface area contributed by atoms with Crippen LogP contribution in [0.2, 0.25) is 0 Å². The molecule has 11 heteroatoms. The summed E-state index contributed by atoms with van der Waals surface area (Å²) in [5.74, 6) is -2.92. The fourth-order valence-corrected chi connectivity index (χ4v) is 1.93. The van der Waals surface area contributed by atoms with Gasteiger partial charge in [-0.3, -0.25) is 19.3 Å². The van der Waals surface area contributed by atoms with Crippen LogP contribution in [0.1, 0.15) is 33.1 Å². The van der Waals surface area contributed by atoms with Crippen molar-refractivity contribution in [2.24, 2.45) is 0 Å². The molecule has 0 aliphatic carbocycles. The fraction of sp³-hybridized carbons (Fsp3) is 0.632. The summed E-state index contributed by atoms with van der Waals surface area (Å²) in [6.07, 6.45) is -0.315. The minimum atomic E-state index is -0.979. The van der Waals surface area contributed by atoms with Crippen molar-refractivity contribution in [1.82, 2.24) is 9.80 Å². The van der Waals surface area contributed by atoms with Crippen molar-refractivity contribution in [3.63, 3.8) is 0 Å². The van der Waals surface area contributed by atoms with Crippen LogP contribution in [0.25, 0.3) is 0 Å². The molecule has 30 heavy (non-hydrogen) atoms. The third-order valence-corrected chi connectivity index (χ3v) is 3.23. The first-order chi connectivity index (χ1) is 12.3. The van der Waals surface area contributed by atoms with E-state index in [2.05, 4.69) is 4.74 Å². The van der Waals surface area contributed by atoms with Crippen LogP contribution in [0, 0.1) is 53.4 Å². The summed E-state index contributed by atoms with van der Waals surface area (Å²) in [7, 11) is 0. The normalized spacial score (nSPS) is 8.80. The second kappa shape index (κ2) is 30.0. The van der Waals surface area contributed by atoms with E-state index < -0.39 is 17.9 Å². The van der Waals surface area contributed by atoms with Gasteiger partial charge >= 0.3 is 49.0 Å². The molecule has 0 rings (SSSR count). The van der Waals surface area contributed by atoms with Crippen molar-refractivity contribution in [3.8, 4) is 0 Å². The van der Waals surface area contributed by atoms with Gasteiger partial charge in [0.2, 0.25) is 0 Å². The van der Waals surface area contributed by atoms with Gasteiger partial charge in [-0.05, 0) is 0 Å². The number of carboxylic acids is 3. The van der Waals surface area contributed by atoms with E-state index in [-0.39, 0.29) is 98.9 Å². The van der Waals surface area contributed by atoms with E-state index in [4.69, 9.17) is 15.3 Å². The summed E-state index contributed by atoms with van der Waals surface area (Å²) in [6.45, 7) is 7.08. The molecule has 0 aliphatic heterocycles. The van der Waals surface area contributed by atoms with E-state index in [9.17, 15) is 19.2 Å². The molecule has 10 nitrogen and oxygen atoms in total. The molecule has 0 bridgehead atoms. The van der Waals surface area contributed by atoms with E-state index in [1.54, 1.807) is 9.80 Å². The van der Waals surface area contributed by atoms with E-state index in [0.717, 1.165) is 0 Å². The molecule has 176 valence electrons. The Balaban J connectivity index is -0.000000232. The summed E-state index contributed by atoms with van der Waals surface area (Å²) in [4.78, 5) is 45.5. The molecule has 0 spiro atoms. The van der Waals surface area contributed by atoms with E-state index in [1.165, 1.54) is 6.47 Å². The summed E-state index contributed by atoms with van der Waals surface area (Å²) in [5, 5.41) is 26.2. The van der Waals surface area contributed by atoms with Gasteiger partial charge in [0, 0.05) is 39.3 Å². The van der Waals surface area contributed by atoms with Gasteiger partial charge in [0.25, 0.3) is 0 Å². The van der Waals surface area contributed by atoms with Crippen molar-refractivity contribution in [1.29, 1.82) is 0 Å². The summed E-state index contributed by atoms with van der Waals surface area (Å²) in [6, 6.07) is 0. The molecule has 0 unspecified atom stereocenters. The number of aliphatic carboxylic acids is 3. The van der Waals surface area contributed by atoms with Crippen LogP contribution >= 0.6 is 0 Å². The SMILES string of the molecule is CC.O=[C-]OCCN(CCC(=O)O)CCN(CCC(=O)O)CCC(=O)O.[CH3-].[CH3-].[CH3-].[U+4]. The Hall–Kier alpha value is -1.15. The van der Waals surface area contributed by atoms with Gasteiger partial charge in [-0.15, -0.1) is 0 Å². The smallest absolute Gasteiger partial charge is 0.652 e. The Morgan fingerprint density at radius 2 is 1.00 bits per heavy atom. The number of nitrogens with zero attached hydrogens (tertiary/aromatic N) is 2. The zero-order valence-electron chi connectivity index (χ0n) is 18.8. The molecule has 0 aliphatic rings. The first-order valence-corrected chi connectivity index (χ1v) is 8.44. The van der Waals surface area contributed by atoms with Crippen molar-refractivity contribution < 1.29 is 70.3 Å². The van der Waals surface area contributed by atoms with Gasteiger partial charge in [-0.25, -0.2) is 0 Å². The molecule has 0 amide bonds. The Kier molecular flexibility index (Phi) is 42.9. The monoisotopic (exact) mass is 660 g/mol. The topological polar surface area (TPSA) is 145 Å². The molecule has 0 aromatic carbocycles. The Morgan fingerprint density at radius 1 is 0.700 bits per heavy atom. The third kappa shape index (κ3) is 31.5. The number of ether oxygens (including phenoxy) is 1. The summed E-state index contributed by atoms with van der Waals surface area (Å²) in [5.41, 5.74) is 0. The first-order valence-electron chi connectivity index (χ1n) is 8.44. The number of hydrogen-bond donors (Lipinski definition) is 3. The predicted molar refractivity (Wildman–Crippen MR) is 112 cm³/mol. The van der Waals surface area contributed by atoms with Crippen molar-refractivity contribution in [2.45, 2.75) is 33.1 Å². The van der Waals surface area contributed by atoms with Crippen molar-refractivity contribution >= 4 is 24.4 Å². The molecule has 0 radical (unpaired) electrons. The Bertz CT molecular complexity index is 407. The van der Waals surface area contributed by atoms with E-state index >= 15 is 0 Å². The van der Waals surface area contributed by atoms with Crippen LogP contribution in [0.3, 0.4) is 0 Å². The van der Waals surface area contributed by atoms with Crippen LogP contribution in [0.5, 0.6) is 0 Å². The molecular weight excluding hydrogens is 622 g/mol. The maximum Gasteiger partial charge on any atom is 4.00 e. The molecule has 0 heterocycles. The molecule has 0 aromatic rings. The second-order valence-electron chi connectivity index (χ2n) is 5.05. The molecule has 3 N–H and O–H groups in total.